The molecule has 0 spiro atoms. The van der Waals surface area contributed by atoms with Gasteiger partial charge in [-0.05, 0) is 30.9 Å². The summed E-state index contributed by atoms with van der Waals surface area (Å²) >= 11 is 3.45. The molecule has 1 atom stereocenters. The molecule has 0 fully saturated rings. The van der Waals surface area contributed by atoms with E-state index in [1.807, 2.05) is 6.92 Å². The van der Waals surface area contributed by atoms with Gasteiger partial charge in [-0.15, -0.1) is 22.7 Å². The summed E-state index contributed by atoms with van der Waals surface area (Å²) in [6, 6.07) is 13.2. The van der Waals surface area contributed by atoms with E-state index in [0.717, 1.165) is 23.0 Å². The van der Waals surface area contributed by atoms with Crippen LogP contribution in [0.3, 0.4) is 0 Å². The number of aromatic nitrogens is 1. The Balaban J connectivity index is 1.73. The largest absolute Gasteiger partial charge is 0.230 e. The SMILES string of the molecule is Cc1ccc(C2=NN(c3nc(C)cs3)C(c3cccs3)C2)cc1. The van der Waals surface area contributed by atoms with E-state index in [9.17, 15) is 0 Å². The average molecular weight is 339 g/mol. The molecule has 1 aromatic carbocycles. The molecule has 0 saturated carbocycles. The van der Waals surface area contributed by atoms with Gasteiger partial charge in [-0.1, -0.05) is 35.9 Å². The first kappa shape index (κ1) is 14.6. The fourth-order valence-electron chi connectivity index (χ4n) is 2.76. The normalized spacial score (nSPS) is 17.6. The van der Waals surface area contributed by atoms with Crippen molar-refractivity contribution in [2.45, 2.75) is 26.3 Å². The highest BCUT2D eigenvalue weighted by Gasteiger charge is 2.32. The standard InChI is InChI=1S/C18H17N3S2/c1-12-5-7-14(8-6-12)15-10-16(17-4-3-9-22-17)21(20-15)18-19-13(2)11-23-18/h3-9,11,16H,10H2,1-2H3. The van der Waals surface area contributed by atoms with E-state index in [2.05, 4.69) is 64.1 Å². The Morgan fingerprint density at radius 2 is 1.91 bits per heavy atom. The van der Waals surface area contributed by atoms with Crippen LogP contribution in [0.4, 0.5) is 5.13 Å². The summed E-state index contributed by atoms with van der Waals surface area (Å²) in [5.74, 6) is 0. The van der Waals surface area contributed by atoms with Crippen molar-refractivity contribution in [1.29, 1.82) is 0 Å². The molecule has 0 aliphatic carbocycles. The van der Waals surface area contributed by atoms with Crippen LogP contribution < -0.4 is 5.01 Å². The lowest BCUT2D eigenvalue weighted by Gasteiger charge is -2.19. The second kappa shape index (κ2) is 5.91. The lowest BCUT2D eigenvalue weighted by Crippen LogP contribution is -2.17. The summed E-state index contributed by atoms with van der Waals surface area (Å²) in [5, 5.41) is 12.2. The lowest BCUT2D eigenvalue weighted by molar-refractivity contribution is 0.718. The molecule has 1 unspecified atom stereocenters. The quantitative estimate of drug-likeness (QED) is 0.658. The van der Waals surface area contributed by atoms with Gasteiger partial charge in [-0.3, -0.25) is 0 Å². The van der Waals surface area contributed by atoms with Gasteiger partial charge in [0.1, 0.15) is 0 Å². The second-order valence-electron chi connectivity index (χ2n) is 5.76. The van der Waals surface area contributed by atoms with Crippen LogP contribution in [-0.4, -0.2) is 10.7 Å². The van der Waals surface area contributed by atoms with Gasteiger partial charge in [-0.25, -0.2) is 9.99 Å². The summed E-state index contributed by atoms with van der Waals surface area (Å²) in [4.78, 5) is 5.97. The van der Waals surface area contributed by atoms with Crippen LogP contribution in [0.25, 0.3) is 0 Å². The topological polar surface area (TPSA) is 28.5 Å². The van der Waals surface area contributed by atoms with E-state index in [0.29, 0.717) is 0 Å². The minimum Gasteiger partial charge on any atom is -0.230 e. The Morgan fingerprint density at radius 1 is 1.09 bits per heavy atom. The third-order valence-corrected chi connectivity index (χ3v) is 5.89. The molecule has 5 heteroatoms. The van der Waals surface area contributed by atoms with Crippen molar-refractivity contribution in [1.82, 2.24) is 4.98 Å². The van der Waals surface area contributed by atoms with Crippen molar-refractivity contribution < 1.29 is 0 Å². The zero-order valence-electron chi connectivity index (χ0n) is 13.1. The number of hydrogen-bond donors (Lipinski definition) is 0. The monoisotopic (exact) mass is 339 g/mol. The molecule has 3 heterocycles. The number of thiophene rings is 1. The zero-order valence-corrected chi connectivity index (χ0v) is 14.7. The molecule has 1 aliphatic rings. The molecule has 23 heavy (non-hydrogen) atoms. The highest BCUT2D eigenvalue weighted by molar-refractivity contribution is 7.13. The maximum absolute atomic E-state index is 4.91. The molecule has 0 bridgehead atoms. The maximum Gasteiger partial charge on any atom is 0.206 e. The van der Waals surface area contributed by atoms with Crippen LogP contribution in [0.15, 0.2) is 52.3 Å². The summed E-state index contributed by atoms with van der Waals surface area (Å²) in [5.41, 5.74) is 4.66. The number of hydrogen-bond acceptors (Lipinski definition) is 5. The number of rotatable bonds is 3. The minimum atomic E-state index is 0.247. The highest BCUT2D eigenvalue weighted by atomic mass is 32.1. The molecule has 3 nitrogen and oxygen atoms in total. The van der Waals surface area contributed by atoms with Crippen molar-refractivity contribution in [2.24, 2.45) is 5.10 Å². The fraction of sp³-hybridized carbons (Fsp3) is 0.222. The average Bonchev–Trinajstić information content (AvgIpc) is 3.27. The molecule has 0 N–H and O–H groups in total. The predicted molar refractivity (Wildman–Crippen MR) is 98.7 cm³/mol. The number of aryl methyl sites for hydroxylation is 2. The second-order valence-corrected chi connectivity index (χ2v) is 7.58. The van der Waals surface area contributed by atoms with E-state index in [4.69, 9.17) is 5.10 Å². The molecule has 0 radical (unpaired) electrons. The van der Waals surface area contributed by atoms with Crippen molar-refractivity contribution in [3.63, 3.8) is 0 Å². The first-order valence-corrected chi connectivity index (χ1v) is 9.36. The molecule has 116 valence electrons. The van der Waals surface area contributed by atoms with Crippen LogP contribution in [0.2, 0.25) is 0 Å². The third-order valence-electron chi connectivity index (χ3n) is 3.97. The zero-order chi connectivity index (χ0) is 15.8. The van der Waals surface area contributed by atoms with Crippen LogP contribution in [-0.2, 0) is 0 Å². The number of benzene rings is 1. The lowest BCUT2D eigenvalue weighted by atomic mass is 10.0. The fourth-order valence-corrected chi connectivity index (χ4v) is 4.37. The van der Waals surface area contributed by atoms with Crippen molar-refractivity contribution in [3.8, 4) is 0 Å². The third kappa shape index (κ3) is 2.82. The molecule has 0 amide bonds. The molecule has 2 aromatic heterocycles. The Labute approximate surface area is 143 Å². The number of anilines is 1. The van der Waals surface area contributed by atoms with Crippen molar-refractivity contribution >= 4 is 33.5 Å². The summed E-state index contributed by atoms with van der Waals surface area (Å²) in [7, 11) is 0. The van der Waals surface area contributed by atoms with Gasteiger partial charge < -0.3 is 0 Å². The van der Waals surface area contributed by atoms with Gasteiger partial charge in [0.05, 0.1) is 17.4 Å². The van der Waals surface area contributed by atoms with Crippen LogP contribution in [0.5, 0.6) is 0 Å². The minimum absolute atomic E-state index is 0.247. The number of nitrogens with zero attached hydrogens (tertiary/aromatic N) is 3. The van der Waals surface area contributed by atoms with Crippen LogP contribution in [0, 0.1) is 13.8 Å². The summed E-state index contributed by atoms with van der Waals surface area (Å²) < 4.78 is 0. The van der Waals surface area contributed by atoms with E-state index in [1.54, 1.807) is 22.7 Å². The van der Waals surface area contributed by atoms with Crippen LogP contribution in [0.1, 0.15) is 34.2 Å². The molecular formula is C18H17N3S2. The number of thiazole rings is 1. The van der Waals surface area contributed by atoms with E-state index >= 15 is 0 Å². The van der Waals surface area contributed by atoms with Gasteiger partial charge in [0.2, 0.25) is 5.13 Å². The maximum atomic E-state index is 4.91. The summed E-state index contributed by atoms with van der Waals surface area (Å²) in [6.45, 7) is 4.14. The van der Waals surface area contributed by atoms with Gasteiger partial charge in [0.25, 0.3) is 0 Å². The number of hydrazone groups is 1. The van der Waals surface area contributed by atoms with E-state index in [1.165, 1.54) is 16.0 Å². The van der Waals surface area contributed by atoms with Gasteiger partial charge >= 0.3 is 0 Å². The Kier molecular flexibility index (Phi) is 3.75. The Hall–Kier alpha value is -1.98. The molecular weight excluding hydrogens is 322 g/mol. The molecule has 4 rings (SSSR count). The van der Waals surface area contributed by atoms with Gasteiger partial charge in [0, 0.05) is 16.7 Å². The first-order chi connectivity index (χ1) is 11.2. The van der Waals surface area contributed by atoms with Gasteiger partial charge in [-0.2, -0.15) is 5.10 Å². The van der Waals surface area contributed by atoms with Crippen molar-refractivity contribution in [3.05, 3.63) is 68.9 Å². The predicted octanol–water partition coefficient (Wildman–Crippen LogP) is 5.18. The Morgan fingerprint density at radius 3 is 2.57 bits per heavy atom. The molecule has 0 saturated heterocycles. The van der Waals surface area contributed by atoms with Crippen LogP contribution >= 0.6 is 22.7 Å². The van der Waals surface area contributed by atoms with E-state index < -0.39 is 0 Å². The Bertz CT molecular complexity index is 832. The smallest absolute Gasteiger partial charge is 0.206 e. The first-order valence-electron chi connectivity index (χ1n) is 7.60. The summed E-state index contributed by atoms with van der Waals surface area (Å²) in [6.07, 6.45) is 0.919. The highest BCUT2D eigenvalue weighted by Crippen LogP contribution is 2.39. The van der Waals surface area contributed by atoms with E-state index in [-0.39, 0.29) is 6.04 Å². The van der Waals surface area contributed by atoms with Crippen molar-refractivity contribution in [2.75, 3.05) is 5.01 Å². The molecule has 1 aliphatic heterocycles. The van der Waals surface area contributed by atoms with Gasteiger partial charge in [0.15, 0.2) is 0 Å². The molecule has 3 aromatic rings.